The molecular formula is C21H26O3. The molecule has 1 heterocycles. The van der Waals surface area contributed by atoms with Gasteiger partial charge in [0.15, 0.2) is 0 Å². The Morgan fingerprint density at radius 2 is 1.42 bits per heavy atom. The molecule has 3 heteroatoms. The first kappa shape index (κ1) is 16.8. The van der Waals surface area contributed by atoms with Gasteiger partial charge in [-0.25, -0.2) is 0 Å². The first-order valence-electron chi connectivity index (χ1n) is 8.68. The van der Waals surface area contributed by atoms with Crippen molar-refractivity contribution in [2.24, 2.45) is 0 Å². The normalized spacial score (nSPS) is 16.7. The number of epoxide rings is 1. The van der Waals surface area contributed by atoms with Gasteiger partial charge in [-0.15, -0.1) is 0 Å². The zero-order valence-corrected chi connectivity index (χ0v) is 14.7. The van der Waals surface area contributed by atoms with Crippen molar-refractivity contribution >= 4 is 0 Å². The predicted octanol–water partition coefficient (Wildman–Crippen LogP) is 4.58. The van der Waals surface area contributed by atoms with E-state index in [4.69, 9.17) is 14.2 Å². The lowest BCUT2D eigenvalue weighted by molar-refractivity contribution is 0.263. The van der Waals surface area contributed by atoms with Gasteiger partial charge >= 0.3 is 0 Å². The number of hydrogen-bond donors (Lipinski definition) is 0. The van der Waals surface area contributed by atoms with E-state index in [0.717, 1.165) is 31.1 Å². The van der Waals surface area contributed by atoms with Crippen molar-refractivity contribution in [2.45, 2.75) is 38.7 Å². The maximum atomic E-state index is 5.72. The monoisotopic (exact) mass is 326 g/mol. The minimum Gasteiger partial charge on any atom is -0.494 e. The van der Waals surface area contributed by atoms with Crippen LogP contribution in [0.25, 0.3) is 0 Å². The van der Waals surface area contributed by atoms with Gasteiger partial charge in [-0.3, -0.25) is 0 Å². The number of ether oxygens (including phenoxy) is 3. The predicted molar refractivity (Wildman–Crippen MR) is 96.0 cm³/mol. The van der Waals surface area contributed by atoms with Crippen molar-refractivity contribution < 1.29 is 14.2 Å². The summed E-state index contributed by atoms with van der Waals surface area (Å²) >= 11 is 0. The molecule has 2 aromatic carbocycles. The van der Waals surface area contributed by atoms with Crippen LogP contribution in [0.15, 0.2) is 48.5 Å². The molecule has 1 atom stereocenters. The quantitative estimate of drug-likeness (QED) is 0.665. The molecule has 1 aliphatic heterocycles. The van der Waals surface area contributed by atoms with E-state index in [-0.39, 0.29) is 11.5 Å². The summed E-state index contributed by atoms with van der Waals surface area (Å²) in [7, 11) is 0. The lowest BCUT2D eigenvalue weighted by Gasteiger charge is -2.26. The largest absolute Gasteiger partial charge is 0.494 e. The van der Waals surface area contributed by atoms with E-state index in [9.17, 15) is 0 Å². The highest BCUT2D eigenvalue weighted by molar-refractivity contribution is 5.41. The van der Waals surface area contributed by atoms with Crippen LogP contribution in [-0.2, 0) is 10.2 Å². The van der Waals surface area contributed by atoms with Crippen LogP contribution in [-0.4, -0.2) is 25.9 Å². The van der Waals surface area contributed by atoms with Crippen LogP contribution in [0, 0.1) is 0 Å². The van der Waals surface area contributed by atoms with E-state index in [1.807, 2.05) is 12.1 Å². The van der Waals surface area contributed by atoms with E-state index >= 15 is 0 Å². The average molecular weight is 326 g/mol. The first-order valence-corrected chi connectivity index (χ1v) is 8.68. The van der Waals surface area contributed by atoms with Gasteiger partial charge in [0.1, 0.15) is 24.2 Å². The maximum Gasteiger partial charge on any atom is 0.119 e. The second-order valence-electron chi connectivity index (χ2n) is 6.79. The zero-order chi connectivity index (χ0) is 17.0. The second kappa shape index (κ2) is 7.27. The van der Waals surface area contributed by atoms with Crippen molar-refractivity contribution in [3.05, 3.63) is 59.7 Å². The molecule has 2 aromatic rings. The van der Waals surface area contributed by atoms with E-state index in [2.05, 4.69) is 57.2 Å². The zero-order valence-electron chi connectivity index (χ0n) is 14.7. The molecule has 1 aliphatic rings. The number of benzene rings is 2. The third kappa shape index (κ3) is 4.09. The summed E-state index contributed by atoms with van der Waals surface area (Å²) in [4.78, 5) is 0. The molecule has 0 bridgehead atoms. The van der Waals surface area contributed by atoms with E-state index < -0.39 is 0 Å². The molecule has 0 saturated carbocycles. The smallest absolute Gasteiger partial charge is 0.119 e. The Labute approximate surface area is 144 Å². The van der Waals surface area contributed by atoms with Gasteiger partial charge in [0, 0.05) is 5.41 Å². The Hall–Kier alpha value is -2.00. The Morgan fingerprint density at radius 3 is 1.88 bits per heavy atom. The van der Waals surface area contributed by atoms with Crippen LogP contribution in [0.5, 0.6) is 11.5 Å². The molecule has 3 rings (SSSR count). The fourth-order valence-electron chi connectivity index (χ4n) is 2.68. The second-order valence-corrected chi connectivity index (χ2v) is 6.79. The van der Waals surface area contributed by atoms with Gasteiger partial charge in [-0.2, -0.15) is 0 Å². The summed E-state index contributed by atoms with van der Waals surface area (Å²) in [6.45, 7) is 8.81. The summed E-state index contributed by atoms with van der Waals surface area (Å²) in [5, 5.41) is 0. The van der Waals surface area contributed by atoms with Crippen molar-refractivity contribution in [2.75, 3.05) is 19.8 Å². The van der Waals surface area contributed by atoms with E-state index in [0.29, 0.717) is 6.61 Å². The van der Waals surface area contributed by atoms with Crippen molar-refractivity contribution in [3.63, 3.8) is 0 Å². The van der Waals surface area contributed by atoms with E-state index in [1.54, 1.807) is 0 Å². The van der Waals surface area contributed by atoms with Gasteiger partial charge in [0.25, 0.3) is 0 Å². The highest BCUT2D eigenvalue weighted by Crippen LogP contribution is 2.33. The molecule has 1 fully saturated rings. The van der Waals surface area contributed by atoms with Gasteiger partial charge < -0.3 is 14.2 Å². The standard InChI is InChI=1S/C21H26O3/c1-4-13-22-18-9-5-16(6-10-18)21(2,3)17-7-11-19(12-8-17)23-14-20-15-24-20/h5-12,20H,4,13-15H2,1-3H3. The third-order valence-electron chi connectivity index (χ3n) is 4.46. The Morgan fingerprint density at radius 1 is 0.917 bits per heavy atom. The van der Waals surface area contributed by atoms with Crippen molar-refractivity contribution in [3.8, 4) is 11.5 Å². The average Bonchev–Trinajstić information content (AvgIpc) is 3.43. The highest BCUT2D eigenvalue weighted by atomic mass is 16.6. The number of rotatable bonds is 8. The van der Waals surface area contributed by atoms with Crippen LogP contribution in [0.1, 0.15) is 38.3 Å². The van der Waals surface area contributed by atoms with Crippen LogP contribution in [0.3, 0.4) is 0 Å². The van der Waals surface area contributed by atoms with Crippen molar-refractivity contribution in [1.82, 2.24) is 0 Å². The molecule has 1 unspecified atom stereocenters. The first-order chi connectivity index (χ1) is 11.6. The molecule has 0 radical (unpaired) electrons. The molecule has 0 spiro atoms. The third-order valence-corrected chi connectivity index (χ3v) is 4.46. The van der Waals surface area contributed by atoms with Crippen LogP contribution in [0.4, 0.5) is 0 Å². The molecule has 128 valence electrons. The summed E-state index contributed by atoms with van der Waals surface area (Å²) in [6.07, 6.45) is 1.31. The Kier molecular flexibility index (Phi) is 5.10. The van der Waals surface area contributed by atoms with Gasteiger partial charge in [-0.1, -0.05) is 45.0 Å². The summed E-state index contributed by atoms with van der Waals surface area (Å²) < 4.78 is 16.5. The minimum atomic E-state index is -0.0680. The summed E-state index contributed by atoms with van der Waals surface area (Å²) in [5.41, 5.74) is 2.47. The SMILES string of the molecule is CCCOc1ccc(C(C)(C)c2ccc(OCC3CO3)cc2)cc1. The molecule has 0 aliphatic carbocycles. The van der Waals surface area contributed by atoms with Gasteiger partial charge in [0.05, 0.1) is 13.2 Å². The molecule has 1 saturated heterocycles. The summed E-state index contributed by atoms with van der Waals surface area (Å²) in [5.74, 6) is 1.83. The van der Waals surface area contributed by atoms with Crippen LogP contribution in [0.2, 0.25) is 0 Å². The lowest BCUT2D eigenvalue weighted by Crippen LogP contribution is -2.18. The molecule has 3 nitrogen and oxygen atoms in total. The minimum absolute atomic E-state index is 0.0680. The fourth-order valence-corrected chi connectivity index (χ4v) is 2.68. The fraction of sp³-hybridized carbons (Fsp3) is 0.429. The molecule has 0 aromatic heterocycles. The van der Waals surface area contributed by atoms with Gasteiger partial charge in [-0.05, 0) is 41.8 Å². The van der Waals surface area contributed by atoms with Crippen LogP contribution >= 0.6 is 0 Å². The summed E-state index contributed by atoms with van der Waals surface area (Å²) in [6, 6.07) is 16.8. The topological polar surface area (TPSA) is 31.0 Å². The lowest BCUT2D eigenvalue weighted by atomic mass is 9.78. The molecule has 0 amide bonds. The molecule has 24 heavy (non-hydrogen) atoms. The van der Waals surface area contributed by atoms with Crippen molar-refractivity contribution in [1.29, 1.82) is 0 Å². The Bertz CT molecular complexity index is 640. The van der Waals surface area contributed by atoms with E-state index in [1.165, 1.54) is 11.1 Å². The van der Waals surface area contributed by atoms with Gasteiger partial charge in [0.2, 0.25) is 0 Å². The number of hydrogen-bond acceptors (Lipinski definition) is 3. The molecule has 0 N–H and O–H groups in total. The highest BCUT2D eigenvalue weighted by Gasteiger charge is 2.24. The Balaban J connectivity index is 1.68. The maximum absolute atomic E-state index is 5.72. The van der Waals surface area contributed by atoms with Crippen LogP contribution < -0.4 is 9.47 Å². The molecular weight excluding hydrogens is 300 g/mol.